The van der Waals surface area contributed by atoms with Crippen LogP contribution in [0.15, 0.2) is 23.1 Å². The number of hydrogen-bond acceptors (Lipinski definition) is 5. The van der Waals surface area contributed by atoms with Gasteiger partial charge in [0.05, 0.1) is 11.5 Å². The molecule has 6 nitrogen and oxygen atoms in total. The highest BCUT2D eigenvalue weighted by Crippen LogP contribution is 2.16. The summed E-state index contributed by atoms with van der Waals surface area (Å²) in [5.74, 6) is -0.627. The lowest BCUT2D eigenvalue weighted by atomic mass is 10.1. The van der Waals surface area contributed by atoms with E-state index < -0.39 is 22.0 Å². The monoisotopic (exact) mass is 330 g/mol. The van der Waals surface area contributed by atoms with Gasteiger partial charge in [0, 0.05) is 5.56 Å². The first kappa shape index (κ1) is 17.5. The van der Waals surface area contributed by atoms with Gasteiger partial charge in [0.2, 0.25) is 10.0 Å². The maximum absolute atomic E-state index is 12.2. The molecule has 21 heavy (non-hydrogen) atoms. The Morgan fingerprint density at radius 1 is 1.48 bits per heavy atom. The second-order valence-electron chi connectivity index (χ2n) is 4.44. The van der Waals surface area contributed by atoms with Crippen molar-refractivity contribution in [3.63, 3.8) is 0 Å². The SMILES string of the molecule is CCOC(=O)C(C)NS(=O)(=O)c1ccc(C(N)=S)c(C)c1. The minimum absolute atomic E-state index is 0.0381. The van der Waals surface area contributed by atoms with E-state index in [0.717, 1.165) is 0 Å². The van der Waals surface area contributed by atoms with Crippen LogP contribution in [0.3, 0.4) is 0 Å². The molecule has 1 rings (SSSR count). The van der Waals surface area contributed by atoms with Crippen LogP contribution in [0.1, 0.15) is 25.0 Å². The van der Waals surface area contributed by atoms with Crippen molar-refractivity contribution >= 4 is 33.2 Å². The third-order valence-corrected chi connectivity index (χ3v) is 4.50. The van der Waals surface area contributed by atoms with Gasteiger partial charge < -0.3 is 10.5 Å². The molecule has 116 valence electrons. The average molecular weight is 330 g/mol. The quantitative estimate of drug-likeness (QED) is 0.593. The second kappa shape index (κ2) is 6.97. The van der Waals surface area contributed by atoms with Crippen LogP contribution in [0.2, 0.25) is 0 Å². The van der Waals surface area contributed by atoms with Gasteiger partial charge in [-0.2, -0.15) is 4.72 Å². The summed E-state index contributed by atoms with van der Waals surface area (Å²) in [4.78, 5) is 11.7. The molecule has 0 saturated carbocycles. The first-order chi connectivity index (χ1) is 9.69. The van der Waals surface area contributed by atoms with Gasteiger partial charge in [-0.05, 0) is 38.5 Å². The van der Waals surface area contributed by atoms with E-state index in [0.29, 0.717) is 11.1 Å². The van der Waals surface area contributed by atoms with Crippen molar-refractivity contribution < 1.29 is 17.9 Å². The zero-order chi connectivity index (χ0) is 16.2. The molecule has 3 N–H and O–H groups in total. The number of esters is 1. The van der Waals surface area contributed by atoms with Crippen molar-refractivity contribution in [2.24, 2.45) is 5.73 Å². The molecule has 1 unspecified atom stereocenters. The summed E-state index contributed by atoms with van der Waals surface area (Å²) in [5, 5.41) is 0. The second-order valence-corrected chi connectivity index (χ2v) is 6.59. The van der Waals surface area contributed by atoms with E-state index in [1.54, 1.807) is 19.9 Å². The van der Waals surface area contributed by atoms with E-state index in [1.807, 2.05) is 0 Å². The van der Waals surface area contributed by atoms with Gasteiger partial charge in [-0.15, -0.1) is 0 Å². The molecule has 0 heterocycles. The topological polar surface area (TPSA) is 98.5 Å². The largest absolute Gasteiger partial charge is 0.465 e. The van der Waals surface area contributed by atoms with Crippen LogP contribution in [0.4, 0.5) is 0 Å². The third kappa shape index (κ3) is 4.48. The van der Waals surface area contributed by atoms with E-state index in [9.17, 15) is 13.2 Å². The predicted molar refractivity (Wildman–Crippen MR) is 83.5 cm³/mol. The number of sulfonamides is 1. The van der Waals surface area contributed by atoms with Crippen molar-refractivity contribution in [2.75, 3.05) is 6.61 Å². The smallest absolute Gasteiger partial charge is 0.323 e. The number of nitrogens with two attached hydrogens (primary N) is 1. The van der Waals surface area contributed by atoms with Crippen LogP contribution >= 0.6 is 12.2 Å². The van der Waals surface area contributed by atoms with Gasteiger partial charge in [0.1, 0.15) is 11.0 Å². The van der Waals surface area contributed by atoms with Gasteiger partial charge in [0.15, 0.2) is 0 Å². The maximum Gasteiger partial charge on any atom is 0.323 e. The molecule has 1 aromatic carbocycles. The number of thiocarbonyl (C=S) groups is 1. The Morgan fingerprint density at radius 2 is 2.10 bits per heavy atom. The fourth-order valence-electron chi connectivity index (χ4n) is 1.70. The van der Waals surface area contributed by atoms with Gasteiger partial charge in [-0.1, -0.05) is 18.3 Å². The Bertz CT molecular complexity index is 656. The van der Waals surface area contributed by atoms with Crippen LogP contribution in [0, 0.1) is 6.92 Å². The average Bonchev–Trinajstić information content (AvgIpc) is 2.37. The zero-order valence-electron chi connectivity index (χ0n) is 12.0. The Kier molecular flexibility index (Phi) is 5.82. The summed E-state index contributed by atoms with van der Waals surface area (Å²) in [6.07, 6.45) is 0. The summed E-state index contributed by atoms with van der Waals surface area (Å²) in [6, 6.07) is 3.42. The molecular weight excluding hydrogens is 312 g/mol. The molecular formula is C13H18N2O4S2. The molecule has 0 aromatic heterocycles. The minimum Gasteiger partial charge on any atom is -0.465 e. The van der Waals surface area contributed by atoms with Crippen molar-refractivity contribution in [1.29, 1.82) is 0 Å². The zero-order valence-corrected chi connectivity index (χ0v) is 13.7. The first-order valence-electron chi connectivity index (χ1n) is 6.28. The lowest BCUT2D eigenvalue weighted by Crippen LogP contribution is -2.39. The van der Waals surface area contributed by atoms with Crippen LogP contribution in [0.5, 0.6) is 0 Å². The molecule has 0 aliphatic heterocycles. The number of ether oxygens (including phenoxy) is 1. The minimum atomic E-state index is -3.82. The normalized spacial score (nSPS) is 12.7. The molecule has 0 fully saturated rings. The van der Waals surface area contributed by atoms with Crippen LogP contribution < -0.4 is 10.5 Å². The Balaban J connectivity index is 3.01. The van der Waals surface area contributed by atoms with E-state index >= 15 is 0 Å². The fraction of sp³-hybridized carbons (Fsp3) is 0.385. The lowest BCUT2D eigenvalue weighted by molar-refractivity contribution is -0.144. The highest BCUT2D eigenvalue weighted by atomic mass is 32.2. The van der Waals surface area contributed by atoms with Gasteiger partial charge in [-0.3, -0.25) is 4.79 Å². The first-order valence-corrected chi connectivity index (χ1v) is 8.17. The number of rotatable bonds is 6. The standard InChI is InChI=1S/C13H18N2O4S2/c1-4-19-13(16)9(3)15-21(17,18)10-5-6-11(12(14)20)8(2)7-10/h5-7,9,15H,4H2,1-3H3,(H2,14,20). The number of hydrogen-bond donors (Lipinski definition) is 2. The highest BCUT2D eigenvalue weighted by molar-refractivity contribution is 7.89. The van der Waals surface area contributed by atoms with Crippen LogP contribution in [-0.2, 0) is 19.6 Å². The summed E-state index contributed by atoms with van der Waals surface area (Å²) in [6.45, 7) is 4.97. The van der Waals surface area contributed by atoms with Crippen molar-refractivity contribution in [2.45, 2.75) is 31.7 Å². The Morgan fingerprint density at radius 3 is 2.57 bits per heavy atom. The third-order valence-electron chi connectivity index (χ3n) is 2.75. The molecule has 0 spiro atoms. The van der Waals surface area contributed by atoms with Gasteiger partial charge in [0.25, 0.3) is 0 Å². The maximum atomic E-state index is 12.2. The van der Waals surface area contributed by atoms with Crippen LogP contribution in [-0.4, -0.2) is 32.0 Å². The van der Waals surface area contributed by atoms with Crippen LogP contribution in [0.25, 0.3) is 0 Å². The summed E-state index contributed by atoms with van der Waals surface area (Å²) >= 11 is 4.87. The summed E-state index contributed by atoms with van der Waals surface area (Å²) in [7, 11) is -3.82. The number of carbonyl (C=O) groups is 1. The van der Waals surface area contributed by atoms with Crippen molar-refractivity contribution in [3.8, 4) is 0 Å². The highest BCUT2D eigenvalue weighted by Gasteiger charge is 2.23. The van der Waals surface area contributed by atoms with Crippen molar-refractivity contribution in [1.82, 2.24) is 4.72 Å². The number of benzene rings is 1. The Hall–Kier alpha value is -1.51. The van der Waals surface area contributed by atoms with Crippen molar-refractivity contribution in [3.05, 3.63) is 29.3 Å². The Labute approximate surface area is 129 Å². The summed E-state index contributed by atoms with van der Waals surface area (Å²) in [5.41, 5.74) is 6.79. The number of aryl methyl sites for hydroxylation is 1. The molecule has 0 saturated heterocycles. The fourth-order valence-corrected chi connectivity index (χ4v) is 3.20. The van der Waals surface area contributed by atoms with Gasteiger partial charge >= 0.3 is 5.97 Å². The lowest BCUT2D eigenvalue weighted by Gasteiger charge is -2.14. The number of nitrogens with one attached hydrogen (secondary N) is 1. The molecule has 0 radical (unpaired) electrons. The van der Waals surface area contributed by atoms with E-state index in [-0.39, 0.29) is 16.5 Å². The molecule has 1 atom stereocenters. The predicted octanol–water partition coefficient (Wildman–Crippen LogP) is 0.859. The molecule has 0 amide bonds. The summed E-state index contributed by atoms with van der Waals surface area (Å²) < 4.78 is 31.4. The molecule has 8 heteroatoms. The molecule has 0 bridgehead atoms. The van der Waals surface area contributed by atoms with Gasteiger partial charge in [-0.25, -0.2) is 8.42 Å². The molecule has 1 aromatic rings. The van der Waals surface area contributed by atoms with E-state index in [2.05, 4.69) is 4.72 Å². The number of carbonyl (C=O) groups excluding carboxylic acids is 1. The molecule has 0 aliphatic rings. The molecule has 0 aliphatic carbocycles. The van der Waals surface area contributed by atoms with E-state index in [1.165, 1.54) is 19.1 Å². The van der Waals surface area contributed by atoms with E-state index in [4.69, 9.17) is 22.7 Å².